The van der Waals surface area contributed by atoms with Crippen LogP contribution in [0.2, 0.25) is 5.02 Å². The number of rotatable bonds is 6. The van der Waals surface area contributed by atoms with Crippen LogP contribution in [0.4, 0.5) is 10.5 Å². The van der Waals surface area contributed by atoms with Crippen molar-refractivity contribution in [2.75, 3.05) is 18.1 Å². The Morgan fingerprint density at radius 2 is 1.73 bits per heavy atom. The first-order valence-corrected chi connectivity index (χ1v) is 9.53. The number of hydrogen-bond donors (Lipinski definition) is 2. The van der Waals surface area contributed by atoms with E-state index in [1.165, 1.54) is 18.2 Å². The summed E-state index contributed by atoms with van der Waals surface area (Å²) in [5.41, 5.74) is 0.353. The quantitative estimate of drug-likeness (QED) is 0.536. The number of ether oxygens (including phenoxy) is 2. The molecule has 9 heteroatoms. The van der Waals surface area contributed by atoms with Crippen LogP contribution in [-0.4, -0.2) is 36.2 Å². The number of hydrogen-bond acceptors (Lipinski definition) is 6. The molecule has 1 saturated heterocycles. The van der Waals surface area contributed by atoms with Crippen molar-refractivity contribution < 1.29 is 29.0 Å². The third-order valence-electron chi connectivity index (χ3n) is 4.17. The summed E-state index contributed by atoms with van der Waals surface area (Å²) in [6, 6.07) is 8.28. The van der Waals surface area contributed by atoms with Gasteiger partial charge in [-0.15, -0.1) is 0 Å². The van der Waals surface area contributed by atoms with E-state index in [-0.39, 0.29) is 34.4 Å². The molecule has 0 aliphatic carbocycles. The first-order valence-electron chi connectivity index (χ1n) is 9.15. The number of barbiturate groups is 1. The Morgan fingerprint density at radius 3 is 2.37 bits per heavy atom. The predicted molar refractivity (Wildman–Crippen MR) is 111 cm³/mol. The SMILES string of the molecule is CCOc1ccc(N2C(=O)NC(=O)/C(=C\c3cc(Cl)c(O)c(OCC)c3)C2=O)cc1. The number of amides is 4. The van der Waals surface area contributed by atoms with Crippen molar-refractivity contribution in [1.82, 2.24) is 5.32 Å². The van der Waals surface area contributed by atoms with Crippen molar-refractivity contribution in [2.24, 2.45) is 0 Å². The predicted octanol–water partition coefficient (Wildman–Crippen LogP) is 3.51. The smallest absolute Gasteiger partial charge is 0.335 e. The van der Waals surface area contributed by atoms with E-state index in [0.29, 0.717) is 17.9 Å². The number of carbonyl (C=O) groups is 3. The Bertz CT molecular complexity index is 1030. The van der Waals surface area contributed by atoms with Crippen LogP contribution >= 0.6 is 11.6 Å². The standard InChI is InChI=1S/C21H19ClN2O6/c1-3-29-14-7-5-13(6-8-14)24-20(27)15(19(26)23-21(24)28)9-12-10-16(22)18(25)17(11-12)30-4-2/h5-11,25H,3-4H2,1-2H3,(H,23,26,28)/b15-9+. The van der Waals surface area contributed by atoms with Crippen molar-refractivity contribution >= 4 is 41.2 Å². The number of benzene rings is 2. The van der Waals surface area contributed by atoms with Crippen LogP contribution in [0.3, 0.4) is 0 Å². The topological polar surface area (TPSA) is 105 Å². The van der Waals surface area contributed by atoms with Crippen LogP contribution in [0.15, 0.2) is 42.0 Å². The number of carbonyl (C=O) groups excluding carboxylic acids is 3. The number of nitrogens with one attached hydrogen (secondary N) is 1. The van der Waals surface area contributed by atoms with Gasteiger partial charge in [0.1, 0.15) is 11.3 Å². The third-order valence-corrected chi connectivity index (χ3v) is 4.46. The van der Waals surface area contributed by atoms with Crippen LogP contribution in [0.1, 0.15) is 19.4 Å². The highest BCUT2D eigenvalue weighted by molar-refractivity contribution is 6.39. The lowest BCUT2D eigenvalue weighted by Gasteiger charge is -2.26. The highest BCUT2D eigenvalue weighted by atomic mass is 35.5. The molecule has 0 aromatic heterocycles. The fourth-order valence-corrected chi connectivity index (χ4v) is 3.08. The van der Waals surface area contributed by atoms with E-state index >= 15 is 0 Å². The van der Waals surface area contributed by atoms with Crippen molar-refractivity contribution in [1.29, 1.82) is 0 Å². The Morgan fingerprint density at radius 1 is 1.07 bits per heavy atom. The van der Waals surface area contributed by atoms with Crippen LogP contribution < -0.4 is 19.7 Å². The van der Waals surface area contributed by atoms with Gasteiger partial charge in [-0.25, -0.2) is 9.69 Å². The minimum absolute atomic E-state index is 0.00379. The summed E-state index contributed by atoms with van der Waals surface area (Å²) in [4.78, 5) is 38.4. The van der Waals surface area contributed by atoms with Gasteiger partial charge in [0, 0.05) is 0 Å². The average molecular weight is 431 g/mol. The van der Waals surface area contributed by atoms with E-state index in [1.807, 2.05) is 6.92 Å². The van der Waals surface area contributed by atoms with Gasteiger partial charge in [-0.2, -0.15) is 0 Å². The summed E-state index contributed by atoms with van der Waals surface area (Å²) in [7, 11) is 0. The zero-order chi connectivity index (χ0) is 21.8. The lowest BCUT2D eigenvalue weighted by Crippen LogP contribution is -2.54. The van der Waals surface area contributed by atoms with E-state index in [4.69, 9.17) is 21.1 Å². The molecule has 30 heavy (non-hydrogen) atoms. The Labute approximate surface area is 177 Å². The van der Waals surface area contributed by atoms with Gasteiger partial charge < -0.3 is 14.6 Å². The zero-order valence-corrected chi connectivity index (χ0v) is 17.0. The number of nitrogens with zero attached hydrogens (tertiary/aromatic N) is 1. The van der Waals surface area contributed by atoms with Gasteiger partial charge in [-0.1, -0.05) is 11.6 Å². The molecule has 156 valence electrons. The second-order valence-corrected chi connectivity index (χ2v) is 6.57. The van der Waals surface area contributed by atoms with Gasteiger partial charge >= 0.3 is 6.03 Å². The monoisotopic (exact) mass is 430 g/mol. The van der Waals surface area contributed by atoms with E-state index in [1.54, 1.807) is 31.2 Å². The lowest BCUT2D eigenvalue weighted by molar-refractivity contribution is -0.122. The molecule has 0 saturated carbocycles. The van der Waals surface area contributed by atoms with Crippen LogP contribution in [0.25, 0.3) is 6.08 Å². The molecule has 2 aromatic rings. The summed E-state index contributed by atoms with van der Waals surface area (Å²) < 4.78 is 10.7. The minimum Gasteiger partial charge on any atom is -0.503 e. The van der Waals surface area contributed by atoms with E-state index < -0.39 is 17.8 Å². The molecule has 3 rings (SSSR count). The highest BCUT2D eigenvalue weighted by Crippen LogP contribution is 2.36. The lowest BCUT2D eigenvalue weighted by atomic mass is 10.1. The molecule has 0 radical (unpaired) electrons. The van der Waals surface area contributed by atoms with Crippen molar-refractivity contribution in [3.63, 3.8) is 0 Å². The van der Waals surface area contributed by atoms with Gasteiger partial charge in [0.15, 0.2) is 11.5 Å². The molecule has 1 aliphatic heterocycles. The molecular weight excluding hydrogens is 412 g/mol. The second-order valence-electron chi connectivity index (χ2n) is 6.17. The summed E-state index contributed by atoms with van der Waals surface area (Å²) in [6.07, 6.45) is 1.28. The van der Waals surface area contributed by atoms with Crippen molar-refractivity contribution in [3.05, 3.63) is 52.6 Å². The van der Waals surface area contributed by atoms with Crippen molar-refractivity contribution in [3.8, 4) is 17.2 Å². The molecule has 2 aromatic carbocycles. The summed E-state index contributed by atoms with van der Waals surface area (Å²) >= 11 is 6.01. The fraction of sp³-hybridized carbons (Fsp3) is 0.190. The Kier molecular flexibility index (Phi) is 6.27. The van der Waals surface area contributed by atoms with Gasteiger partial charge in [-0.05, 0) is 61.9 Å². The molecule has 0 atom stereocenters. The number of halogens is 1. The molecule has 1 heterocycles. The molecule has 8 nitrogen and oxygen atoms in total. The molecular formula is C21H19ClN2O6. The van der Waals surface area contributed by atoms with Gasteiger partial charge in [0.05, 0.1) is 23.9 Å². The molecule has 4 amide bonds. The number of imide groups is 2. The molecule has 0 spiro atoms. The summed E-state index contributed by atoms with van der Waals surface area (Å²) in [6.45, 7) is 4.33. The Hall–Kier alpha value is -3.52. The summed E-state index contributed by atoms with van der Waals surface area (Å²) in [5, 5.41) is 12.1. The molecule has 1 aliphatic rings. The maximum absolute atomic E-state index is 13.0. The highest BCUT2D eigenvalue weighted by Gasteiger charge is 2.36. The average Bonchev–Trinajstić information content (AvgIpc) is 2.70. The molecule has 0 unspecified atom stereocenters. The second kappa shape index (κ2) is 8.87. The molecule has 0 bridgehead atoms. The van der Waals surface area contributed by atoms with Gasteiger partial charge in [0.2, 0.25) is 0 Å². The van der Waals surface area contributed by atoms with Crippen molar-refractivity contribution in [2.45, 2.75) is 13.8 Å². The number of phenolic OH excluding ortho intramolecular Hbond substituents is 1. The number of aromatic hydroxyl groups is 1. The summed E-state index contributed by atoms with van der Waals surface area (Å²) in [5.74, 6) is -1.18. The normalized spacial score (nSPS) is 15.4. The molecule has 2 N–H and O–H groups in total. The maximum Gasteiger partial charge on any atom is 0.335 e. The number of anilines is 1. The van der Waals surface area contributed by atoms with E-state index in [2.05, 4.69) is 5.32 Å². The van der Waals surface area contributed by atoms with Crippen LogP contribution in [0.5, 0.6) is 17.2 Å². The zero-order valence-electron chi connectivity index (χ0n) is 16.3. The van der Waals surface area contributed by atoms with Crippen LogP contribution in [0, 0.1) is 0 Å². The first-order chi connectivity index (χ1) is 14.3. The van der Waals surface area contributed by atoms with E-state index in [0.717, 1.165) is 4.90 Å². The largest absolute Gasteiger partial charge is 0.503 e. The van der Waals surface area contributed by atoms with Gasteiger partial charge in [-0.3, -0.25) is 14.9 Å². The number of phenols is 1. The minimum atomic E-state index is -0.856. The maximum atomic E-state index is 13.0. The fourth-order valence-electron chi connectivity index (χ4n) is 2.86. The van der Waals surface area contributed by atoms with E-state index in [9.17, 15) is 19.5 Å². The van der Waals surface area contributed by atoms with Crippen LogP contribution in [-0.2, 0) is 9.59 Å². The third kappa shape index (κ3) is 4.23. The molecule has 1 fully saturated rings. The van der Waals surface area contributed by atoms with Gasteiger partial charge in [0.25, 0.3) is 11.8 Å². The Balaban J connectivity index is 1.98. The number of urea groups is 1. The first kappa shape index (κ1) is 21.2.